The van der Waals surface area contributed by atoms with Gasteiger partial charge in [-0.3, -0.25) is 4.79 Å². The van der Waals surface area contributed by atoms with Crippen molar-refractivity contribution in [2.24, 2.45) is 0 Å². The average molecular weight is 237 g/mol. The Hall–Kier alpha value is -2.18. The highest BCUT2D eigenvalue weighted by Gasteiger charge is 2.07. The van der Waals surface area contributed by atoms with Gasteiger partial charge in [-0.1, -0.05) is 0 Å². The lowest BCUT2D eigenvalue weighted by molar-refractivity contribution is -0.126. The number of aromatic nitrogens is 3. The van der Waals surface area contributed by atoms with Crippen molar-refractivity contribution in [3.8, 4) is 0 Å². The Morgan fingerprint density at radius 1 is 1.53 bits per heavy atom. The summed E-state index contributed by atoms with van der Waals surface area (Å²) in [5.41, 5.74) is 0.520. The monoisotopic (exact) mass is 237 g/mol. The fourth-order valence-corrected chi connectivity index (χ4v) is 1.25. The minimum atomic E-state index is -0.390. The van der Waals surface area contributed by atoms with Crippen LogP contribution in [0.25, 0.3) is 5.65 Å². The number of nitrogens with zero attached hydrogens (tertiary/aromatic N) is 4. The molecule has 0 saturated carbocycles. The van der Waals surface area contributed by atoms with Gasteiger partial charge < -0.3 is 10.2 Å². The first-order valence-corrected chi connectivity index (χ1v) is 5.02. The smallest absolute Gasteiger partial charge is 0.243 e. The van der Waals surface area contributed by atoms with E-state index < -0.39 is 5.82 Å². The van der Waals surface area contributed by atoms with Crippen LogP contribution in [0.3, 0.4) is 0 Å². The highest BCUT2D eigenvalue weighted by atomic mass is 19.1. The molecule has 0 aromatic carbocycles. The number of carbonyl (C=O) groups excluding carboxylic acids is 1. The fraction of sp³-hybridized carbons (Fsp3) is 0.300. The van der Waals surface area contributed by atoms with E-state index in [-0.39, 0.29) is 12.5 Å². The topological polar surface area (TPSA) is 62.5 Å². The van der Waals surface area contributed by atoms with Gasteiger partial charge in [0.25, 0.3) is 0 Å². The molecule has 0 fully saturated rings. The SMILES string of the molecule is CN(C)C(=O)CNc1nc2ccc(F)cn2n1. The van der Waals surface area contributed by atoms with Crippen molar-refractivity contribution < 1.29 is 9.18 Å². The maximum absolute atomic E-state index is 12.9. The molecule has 2 rings (SSSR count). The number of amides is 1. The van der Waals surface area contributed by atoms with E-state index in [1.807, 2.05) is 0 Å². The van der Waals surface area contributed by atoms with E-state index in [1.54, 1.807) is 14.1 Å². The molecule has 0 atom stereocenters. The number of pyridine rings is 1. The third-order valence-electron chi connectivity index (χ3n) is 2.19. The van der Waals surface area contributed by atoms with Gasteiger partial charge in [-0.2, -0.15) is 4.98 Å². The van der Waals surface area contributed by atoms with Crippen LogP contribution in [0.2, 0.25) is 0 Å². The van der Waals surface area contributed by atoms with Crippen LogP contribution in [0, 0.1) is 5.82 Å². The Labute approximate surface area is 97.1 Å². The van der Waals surface area contributed by atoms with Gasteiger partial charge in [-0.05, 0) is 12.1 Å². The largest absolute Gasteiger partial charge is 0.347 e. The van der Waals surface area contributed by atoms with Gasteiger partial charge in [0, 0.05) is 14.1 Å². The minimum absolute atomic E-state index is 0.0879. The number of fused-ring (bicyclic) bond motifs is 1. The first-order valence-electron chi connectivity index (χ1n) is 5.02. The second-order valence-corrected chi connectivity index (χ2v) is 3.73. The third-order valence-corrected chi connectivity index (χ3v) is 2.19. The van der Waals surface area contributed by atoms with Gasteiger partial charge in [0.2, 0.25) is 11.9 Å². The normalized spacial score (nSPS) is 10.5. The number of likely N-dealkylation sites (N-methyl/N-ethyl adjacent to an activating group) is 1. The fourth-order valence-electron chi connectivity index (χ4n) is 1.25. The second kappa shape index (κ2) is 4.36. The molecule has 0 aliphatic carbocycles. The van der Waals surface area contributed by atoms with Crippen LogP contribution in [-0.4, -0.2) is 46.0 Å². The van der Waals surface area contributed by atoms with Crippen molar-refractivity contribution in [3.05, 3.63) is 24.1 Å². The van der Waals surface area contributed by atoms with Crippen LogP contribution in [0.5, 0.6) is 0 Å². The molecule has 6 nitrogen and oxygen atoms in total. The summed E-state index contributed by atoms with van der Waals surface area (Å²) in [6.07, 6.45) is 1.22. The van der Waals surface area contributed by atoms with Crippen molar-refractivity contribution in [2.45, 2.75) is 0 Å². The predicted molar refractivity (Wildman–Crippen MR) is 60.1 cm³/mol. The summed E-state index contributed by atoms with van der Waals surface area (Å²) in [7, 11) is 3.33. The van der Waals surface area contributed by atoms with Gasteiger partial charge in [-0.25, -0.2) is 8.91 Å². The molecule has 0 aliphatic heterocycles. The Morgan fingerprint density at radius 2 is 2.29 bits per heavy atom. The summed E-state index contributed by atoms with van der Waals surface area (Å²) in [5, 5.41) is 6.77. The van der Waals surface area contributed by atoms with E-state index >= 15 is 0 Å². The molecule has 0 unspecified atom stereocenters. The third kappa shape index (κ3) is 2.49. The average Bonchev–Trinajstić information content (AvgIpc) is 2.67. The molecular weight excluding hydrogens is 225 g/mol. The molecule has 0 spiro atoms. The van der Waals surface area contributed by atoms with Gasteiger partial charge in [0.15, 0.2) is 5.65 Å². The number of halogens is 1. The molecule has 90 valence electrons. The van der Waals surface area contributed by atoms with Crippen molar-refractivity contribution in [2.75, 3.05) is 26.0 Å². The molecule has 2 aromatic heterocycles. The van der Waals surface area contributed by atoms with Gasteiger partial charge in [0.05, 0.1) is 12.7 Å². The quantitative estimate of drug-likeness (QED) is 0.837. The summed E-state index contributed by atoms with van der Waals surface area (Å²) in [6, 6.07) is 2.82. The van der Waals surface area contributed by atoms with Crippen LogP contribution in [-0.2, 0) is 4.79 Å². The van der Waals surface area contributed by atoms with Crippen molar-refractivity contribution in [1.82, 2.24) is 19.5 Å². The Balaban J connectivity index is 2.12. The summed E-state index contributed by atoms with van der Waals surface area (Å²) in [5.74, 6) is -0.181. The molecule has 0 saturated heterocycles. The van der Waals surface area contributed by atoms with Crippen LogP contribution in [0.1, 0.15) is 0 Å². The van der Waals surface area contributed by atoms with Crippen molar-refractivity contribution >= 4 is 17.5 Å². The molecule has 17 heavy (non-hydrogen) atoms. The zero-order chi connectivity index (χ0) is 12.4. The maximum Gasteiger partial charge on any atom is 0.243 e. The Morgan fingerprint density at radius 3 is 3.00 bits per heavy atom. The van der Waals surface area contributed by atoms with Crippen molar-refractivity contribution in [3.63, 3.8) is 0 Å². The number of anilines is 1. The zero-order valence-corrected chi connectivity index (χ0v) is 9.51. The van der Waals surface area contributed by atoms with Crippen molar-refractivity contribution in [1.29, 1.82) is 0 Å². The number of carbonyl (C=O) groups is 1. The van der Waals surface area contributed by atoms with E-state index in [2.05, 4.69) is 15.4 Å². The first kappa shape index (κ1) is 11.3. The predicted octanol–water partition coefficient (Wildman–Crippen LogP) is 0.368. The van der Waals surface area contributed by atoms with E-state index in [0.29, 0.717) is 11.6 Å². The molecular formula is C10H12FN5O. The van der Waals surface area contributed by atoms with Gasteiger partial charge in [0.1, 0.15) is 5.82 Å². The molecule has 1 amide bonds. The van der Waals surface area contributed by atoms with E-state index in [1.165, 1.54) is 27.7 Å². The molecule has 0 radical (unpaired) electrons. The van der Waals surface area contributed by atoms with Gasteiger partial charge in [-0.15, -0.1) is 5.10 Å². The highest BCUT2D eigenvalue weighted by Crippen LogP contribution is 2.06. The number of nitrogens with one attached hydrogen (secondary N) is 1. The standard InChI is InChI=1S/C10H12FN5O/c1-15(2)9(17)5-12-10-13-8-4-3-7(11)6-16(8)14-10/h3-4,6H,5H2,1-2H3,(H,12,14). The second-order valence-electron chi connectivity index (χ2n) is 3.73. The molecule has 7 heteroatoms. The molecule has 0 bridgehead atoms. The van der Waals surface area contributed by atoms with Crippen LogP contribution < -0.4 is 5.32 Å². The lowest BCUT2D eigenvalue weighted by atomic mass is 10.5. The summed E-state index contributed by atoms with van der Waals surface area (Å²) in [6.45, 7) is 0.104. The molecule has 2 aromatic rings. The summed E-state index contributed by atoms with van der Waals surface area (Å²) < 4.78 is 14.2. The maximum atomic E-state index is 12.9. The van der Waals surface area contributed by atoms with E-state index in [4.69, 9.17) is 0 Å². The Kier molecular flexibility index (Phi) is 2.90. The minimum Gasteiger partial charge on any atom is -0.347 e. The van der Waals surface area contributed by atoms with E-state index in [0.717, 1.165) is 0 Å². The number of rotatable bonds is 3. The molecule has 1 N–H and O–H groups in total. The molecule has 2 heterocycles. The molecule has 0 aliphatic rings. The van der Waals surface area contributed by atoms with Crippen LogP contribution >= 0.6 is 0 Å². The van der Waals surface area contributed by atoms with Crippen LogP contribution in [0.15, 0.2) is 18.3 Å². The zero-order valence-electron chi connectivity index (χ0n) is 9.51. The lowest BCUT2D eigenvalue weighted by Gasteiger charge is -2.09. The number of hydrogen-bond acceptors (Lipinski definition) is 4. The lowest BCUT2D eigenvalue weighted by Crippen LogP contribution is -2.28. The van der Waals surface area contributed by atoms with E-state index in [9.17, 15) is 9.18 Å². The summed E-state index contributed by atoms with van der Waals surface area (Å²) >= 11 is 0. The van der Waals surface area contributed by atoms with Gasteiger partial charge >= 0.3 is 0 Å². The Bertz CT molecular complexity index is 551. The first-order chi connectivity index (χ1) is 8.06. The number of hydrogen-bond donors (Lipinski definition) is 1. The highest BCUT2D eigenvalue weighted by molar-refractivity contribution is 5.79. The summed E-state index contributed by atoms with van der Waals surface area (Å²) in [4.78, 5) is 16.9. The van der Waals surface area contributed by atoms with Crippen LogP contribution in [0.4, 0.5) is 10.3 Å².